The quantitative estimate of drug-likeness (QED) is 0.742. The Balaban J connectivity index is 2.03. The maximum absolute atomic E-state index is 8.98. The van der Waals surface area contributed by atoms with Crippen LogP contribution in [0.5, 0.6) is 5.75 Å². The minimum atomic E-state index is 0.507. The summed E-state index contributed by atoms with van der Waals surface area (Å²) in [5.74, 6) is 0.534. The van der Waals surface area contributed by atoms with Crippen molar-refractivity contribution in [3.05, 3.63) is 59.8 Å². The Morgan fingerprint density at radius 2 is 1.83 bits per heavy atom. The summed E-state index contributed by atoms with van der Waals surface area (Å²) in [6, 6.07) is 16.4. The van der Waals surface area contributed by atoms with Gasteiger partial charge in [-0.2, -0.15) is 10.5 Å². The molecule has 0 radical (unpaired) electrons. The molecular weight excluding hydrogens is 290 g/mol. The fourth-order valence-corrected chi connectivity index (χ4v) is 2.20. The average Bonchev–Trinajstić information content (AvgIpc) is 3.11. The van der Waals surface area contributed by atoms with E-state index in [9.17, 15) is 0 Å². The van der Waals surface area contributed by atoms with Gasteiger partial charge in [-0.3, -0.25) is 0 Å². The SMILES string of the molecule is COc1cc(C#N)ccc1-n1cc(-c2cccc(C#N)c2)nn1. The molecule has 6 nitrogen and oxygen atoms in total. The van der Waals surface area contributed by atoms with E-state index in [1.165, 1.54) is 7.11 Å². The Labute approximate surface area is 132 Å². The van der Waals surface area contributed by atoms with Gasteiger partial charge in [-0.15, -0.1) is 5.10 Å². The van der Waals surface area contributed by atoms with Crippen LogP contribution in [0.1, 0.15) is 11.1 Å². The first-order valence-corrected chi connectivity index (χ1v) is 6.76. The zero-order valence-electron chi connectivity index (χ0n) is 12.3. The molecule has 0 saturated heterocycles. The zero-order chi connectivity index (χ0) is 16.2. The Kier molecular flexibility index (Phi) is 3.73. The summed E-state index contributed by atoms with van der Waals surface area (Å²) in [4.78, 5) is 0. The normalized spacial score (nSPS) is 9.87. The van der Waals surface area contributed by atoms with E-state index in [0.717, 1.165) is 5.56 Å². The van der Waals surface area contributed by atoms with Crippen molar-refractivity contribution in [1.29, 1.82) is 10.5 Å². The largest absolute Gasteiger partial charge is 0.494 e. The number of rotatable bonds is 3. The standard InChI is InChI=1S/C17H11N5O/c1-23-17-8-13(10-19)5-6-16(17)22-11-15(20-21-22)14-4-2-3-12(7-14)9-18/h2-8,11H,1H3. The first-order valence-electron chi connectivity index (χ1n) is 6.76. The molecule has 3 aromatic rings. The molecule has 2 aromatic carbocycles. The lowest BCUT2D eigenvalue weighted by Gasteiger charge is -2.07. The summed E-state index contributed by atoms with van der Waals surface area (Å²) in [5.41, 5.74) is 3.21. The minimum absolute atomic E-state index is 0.507. The molecule has 0 bridgehead atoms. The number of hydrogen-bond donors (Lipinski definition) is 0. The van der Waals surface area contributed by atoms with Crippen LogP contribution in [0.3, 0.4) is 0 Å². The van der Waals surface area contributed by atoms with Gasteiger partial charge >= 0.3 is 0 Å². The van der Waals surface area contributed by atoms with Gasteiger partial charge in [-0.25, -0.2) is 4.68 Å². The first kappa shape index (κ1) is 14.3. The monoisotopic (exact) mass is 301 g/mol. The predicted octanol–water partition coefficient (Wildman–Crippen LogP) is 2.69. The maximum Gasteiger partial charge on any atom is 0.145 e. The lowest BCUT2D eigenvalue weighted by molar-refractivity contribution is 0.411. The molecule has 0 amide bonds. The van der Waals surface area contributed by atoms with Crippen molar-refractivity contribution in [2.45, 2.75) is 0 Å². The molecule has 0 N–H and O–H groups in total. The Bertz CT molecular complexity index is 946. The van der Waals surface area contributed by atoms with Gasteiger partial charge in [0, 0.05) is 11.6 Å². The second kappa shape index (κ2) is 6.00. The minimum Gasteiger partial charge on any atom is -0.494 e. The van der Waals surface area contributed by atoms with Crippen molar-refractivity contribution in [2.24, 2.45) is 0 Å². The molecule has 0 aliphatic carbocycles. The molecule has 0 aliphatic rings. The number of aromatic nitrogens is 3. The van der Waals surface area contributed by atoms with Gasteiger partial charge in [0.2, 0.25) is 0 Å². The molecule has 0 unspecified atom stereocenters. The maximum atomic E-state index is 8.98. The van der Waals surface area contributed by atoms with Crippen LogP contribution < -0.4 is 4.74 Å². The van der Waals surface area contributed by atoms with Crippen LogP contribution in [0, 0.1) is 22.7 Å². The molecule has 1 heterocycles. The van der Waals surface area contributed by atoms with Crippen LogP contribution in [0.2, 0.25) is 0 Å². The van der Waals surface area contributed by atoms with Crippen LogP contribution in [-0.4, -0.2) is 22.1 Å². The Hall–Kier alpha value is -3.64. The van der Waals surface area contributed by atoms with E-state index < -0.39 is 0 Å². The highest BCUT2D eigenvalue weighted by molar-refractivity contribution is 5.61. The fraction of sp³-hybridized carbons (Fsp3) is 0.0588. The van der Waals surface area contributed by atoms with Gasteiger partial charge in [0.05, 0.1) is 36.6 Å². The lowest BCUT2D eigenvalue weighted by atomic mass is 10.1. The summed E-state index contributed by atoms with van der Waals surface area (Å²) >= 11 is 0. The number of nitriles is 2. The van der Waals surface area contributed by atoms with Crippen LogP contribution in [0.25, 0.3) is 16.9 Å². The van der Waals surface area contributed by atoms with Gasteiger partial charge in [0.25, 0.3) is 0 Å². The molecule has 0 atom stereocenters. The second-order valence-corrected chi connectivity index (χ2v) is 4.74. The van der Waals surface area contributed by atoms with Crippen LogP contribution in [0.15, 0.2) is 48.7 Å². The Morgan fingerprint density at radius 3 is 2.57 bits per heavy atom. The van der Waals surface area contributed by atoms with E-state index in [0.29, 0.717) is 28.3 Å². The molecule has 0 fully saturated rings. The van der Waals surface area contributed by atoms with Crippen LogP contribution in [0.4, 0.5) is 0 Å². The molecule has 0 aliphatic heterocycles. The summed E-state index contributed by atoms with van der Waals surface area (Å²) in [7, 11) is 1.54. The second-order valence-electron chi connectivity index (χ2n) is 4.74. The third kappa shape index (κ3) is 2.74. The van der Waals surface area contributed by atoms with Crippen molar-refractivity contribution < 1.29 is 4.74 Å². The highest BCUT2D eigenvalue weighted by atomic mass is 16.5. The highest BCUT2D eigenvalue weighted by Gasteiger charge is 2.11. The zero-order valence-corrected chi connectivity index (χ0v) is 12.3. The van der Waals surface area contributed by atoms with Crippen LogP contribution >= 0.6 is 0 Å². The lowest BCUT2D eigenvalue weighted by Crippen LogP contribution is -1.99. The van der Waals surface area contributed by atoms with Crippen molar-refractivity contribution >= 4 is 0 Å². The van der Waals surface area contributed by atoms with Gasteiger partial charge in [-0.1, -0.05) is 17.3 Å². The predicted molar refractivity (Wildman–Crippen MR) is 82.8 cm³/mol. The first-order chi connectivity index (χ1) is 11.2. The number of ether oxygens (including phenoxy) is 1. The summed E-state index contributed by atoms with van der Waals surface area (Å²) in [6.07, 6.45) is 1.75. The fourth-order valence-electron chi connectivity index (χ4n) is 2.20. The molecule has 23 heavy (non-hydrogen) atoms. The number of benzene rings is 2. The van der Waals surface area contributed by atoms with Gasteiger partial charge in [0.15, 0.2) is 0 Å². The molecule has 110 valence electrons. The van der Waals surface area contributed by atoms with Gasteiger partial charge < -0.3 is 4.74 Å². The van der Waals surface area contributed by atoms with E-state index in [4.69, 9.17) is 15.3 Å². The molecule has 3 rings (SSSR count). The summed E-state index contributed by atoms with van der Waals surface area (Å²) < 4.78 is 6.89. The van der Waals surface area contributed by atoms with E-state index in [2.05, 4.69) is 22.5 Å². The Morgan fingerprint density at radius 1 is 1.04 bits per heavy atom. The average molecular weight is 301 g/mol. The number of nitrogens with zero attached hydrogens (tertiary/aromatic N) is 5. The smallest absolute Gasteiger partial charge is 0.145 e. The molecule has 6 heteroatoms. The molecule has 0 spiro atoms. The summed E-state index contributed by atoms with van der Waals surface area (Å²) in [5, 5.41) is 26.2. The van der Waals surface area contributed by atoms with Crippen molar-refractivity contribution in [1.82, 2.24) is 15.0 Å². The van der Waals surface area contributed by atoms with Crippen molar-refractivity contribution in [3.63, 3.8) is 0 Å². The topological polar surface area (TPSA) is 87.5 Å². The van der Waals surface area contributed by atoms with E-state index in [1.807, 2.05) is 6.07 Å². The third-order valence-electron chi connectivity index (χ3n) is 3.34. The van der Waals surface area contributed by atoms with Crippen molar-refractivity contribution in [2.75, 3.05) is 7.11 Å². The van der Waals surface area contributed by atoms with Gasteiger partial charge in [-0.05, 0) is 24.3 Å². The van der Waals surface area contributed by atoms with Crippen molar-refractivity contribution in [3.8, 4) is 34.8 Å². The van der Waals surface area contributed by atoms with E-state index in [-0.39, 0.29) is 0 Å². The van der Waals surface area contributed by atoms with E-state index >= 15 is 0 Å². The van der Waals surface area contributed by atoms with Crippen LogP contribution in [-0.2, 0) is 0 Å². The number of methoxy groups -OCH3 is 1. The molecule has 1 aromatic heterocycles. The molecular formula is C17H11N5O. The highest BCUT2D eigenvalue weighted by Crippen LogP contribution is 2.25. The van der Waals surface area contributed by atoms with E-state index in [1.54, 1.807) is 47.3 Å². The molecule has 0 saturated carbocycles. The third-order valence-corrected chi connectivity index (χ3v) is 3.34. The van der Waals surface area contributed by atoms with Gasteiger partial charge in [0.1, 0.15) is 17.1 Å². The summed E-state index contributed by atoms with van der Waals surface area (Å²) in [6.45, 7) is 0. The number of hydrogen-bond acceptors (Lipinski definition) is 5.